The number of para-hydroxylation sites is 4. The van der Waals surface area contributed by atoms with E-state index in [0.717, 1.165) is 88.9 Å². The van der Waals surface area contributed by atoms with E-state index in [4.69, 9.17) is 28.5 Å². The molecule has 8 heteroatoms. The Bertz CT molecular complexity index is 4740. The maximum absolute atomic E-state index is 7.29. The Hall–Kier alpha value is -9.53. The van der Waals surface area contributed by atoms with Crippen molar-refractivity contribution in [1.29, 1.82) is 0 Å². The van der Waals surface area contributed by atoms with Crippen molar-refractivity contribution >= 4 is 66.1 Å². The van der Waals surface area contributed by atoms with Crippen LogP contribution in [0.25, 0.3) is 122 Å². The summed E-state index contributed by atoms with van der Waals surface area (Å²) in [5, 5.41) is 3.66. The van der Waals surface area contributed by atoms with Gasteiger partial charge in [-0.05, 0) is 172 Å². The van der Waals surface area contributed by atoms with Crippen molar-refractivity contribution < 1.29 is 13.6 Å². The van der Waals surface area contributed by atoms with E-state index in [1.807, 2.05) is 31.2 Å². The summed E-state index contributed by atoms with van der Waals surface area (Å²) in [6.07, 6.45) is 0. The van der Waals surface area contributed by atoms with Gasteiger partial charge in [0.05, 0.1) is 39.0 Å². The van der Waals surface area contributed by atoms with E-state index >= 15 is 0 Å². The van der Waals surface area contributed by atoms with Gasteiger partial charge < -0.3 is 13.6 Å². The van der Waals surface area contributed by atoms with E-state index in [2.05, 4.69) is 234 Å². The number of imidazole rings is 2. The smallest absolute Gasteiger partial charge is 0.227 e. The third-order valence-electron chi connectivity index (χ3n) is 16.3. The number of aromatic nitrogens is 5. The Labute approximate surface area is 477 Å². The van der Waals surface area contributed by atoms with Crippen LogP contribution in [0.5, 0.6) is 11.5 Å². The molecule has 14 rings (SSSR count). The molecule has 0 aliphatic heterocycles. The van der Waals surface area contributed by atoms with Gasteiger partial charge in [0.25, 0.3) is 0 Å². The molecule has 8 nitrogen and oxygen atoms in total. The number of fused-ring (bicyclic) bond motifs is 9. The molecule has 0 spiro atoms. The van der Waals surface area contributed by atoms with Crippen molar-refractivity contribution in [3.05, 3.63) is 222 Å². The number of hydrogen-bond acceptors (Lipinski definition) is 6. The zero-order valence-corrected chi connectivity index (χ0v) is 47.7. The van der Waals surface area contributed by atoms with E-state index in [-0.39, 0.29) is 23.7 Å². The van der Waals surface area contributed by atoms with Crippen LogP contribution in [0.3, 0.4) is 0 Å². The molecule has 0 aliphatic rings. The average molecular weight is 1070 g/mol. The van der Waals surface area contributed by atoms with Gasteiger partial charge in [-0.25, -0.2) is 15.0 Å². The molecule has 402 valence electrons. The molecule has 9 aromatic carbocycles. The molecule has 0 saturated heterocycles. The fourth-order valence-electron chi connectivity index (χ4n) is 12.4. The first-order chi connectivity index (χ1) is 39.9. The minimum absolute atomic E-state index is 0.175. The predicted molar refractivity (Wildman–Crippen MR) is 337 cm³/mol. The second-order valence-corrected chi connectivity index (χ2v) is 23.2. The van der Waals surface area contributed by atoms with Gasteiger partial charge in [-0.15, -0.1) is 0 Å². The van der Waals surface area contributed by atoms with Crippen molar-refractivity contribution in [2.45, 2.75) is 86.0 Å². The lowest BCUT2D eigenvalue weighted by molar-refractivity contribution is 0.483. The normalized spacial score (nSPS) is 12.2. The summed E-state index contributed by atoms with van der Waals surface area (Å²) in [6, 6.07) is 68.6. The molecule has 0 radical (unpaired) electrons. The third-order valence-corrected chi connectivity index (χ3v) is 16.3. The second kappa shape index (κ2) is 19.9. The Morgan fingerprint density at radius 1 is 0.390 bits per heavy atom. The molecule has 0 N–H and O–H groups in total. The summed E-state index contributed by atoms with van der Waals surface area (Å²) >= 11 is 0. The van der Waals surface area contributed by atoms with Gasteiger partial charge in [-0.3, -0.25) is 9.13 Å². The summed E-state index contributed by atoms with van der Waals surface area (Å²) in [7, 11) is 0. The Kier molecular flexibility index (Phi) is 12.3. The SMILES string of the molecule is Cc1ccc2c(n1)oc1ccc3oc4c(-c5nc6ccccc6n5-c5c(C(C)C)cc(-c6ccccc6)cc5C(C)C)cc(Oc5cccc(-c6nc7ccccc7n6-c6c(C(C)C)cc(-c7ccccc7)cc6C(C)C)c5)cc4c3c12. The minimum atomic E-state index is 0.175. The van der Waals surface area contributed by atoms with Crippen LogP contribution in [0.4, 0.5) is 0 Å². The van der Waals surface area contributed by atoms with Crippen LogP contribution in [0, 0.1) is 6.92 Å². The number of ether oxygens (including phenoxy) is 1. The largest absolute Gasteiger partial charge is 0.457 e. The van der Waals surface area contributed by atoms with Gasteiger partial charge in [0.15, 0.2) is 0 Å². The van der Waals surface area contributed by atoms with E-state index in [1.54, 1.807) is 0 Å². The van der Waals surface area contributed by atoms with Crippen molar-refractivity contribution in [3.63, 3.8) is 0 Å². The third kappa shape index (κ3) is 8.46. The van der Waals surface area contributed by atoms with Crippen LogP contribution >= 0.6 is 0 Å². The number of benzene rings is 9. The Morgan fingerprint density at radius 3 is 1.44 bits per heavy atom. The number of pyridine rings is 1. The topological polar surface area (TPSA) is 84.0 Å². The van der Waals surface area contributed by atoms with Gasteiger partial charge in [0.1, 0.15) is 39.9 Å². The number of hydrogen-bond donors (Lipinski definition) is 0. The number of rotatable bonds is 12. The zero-order chi connectivity index (χ0) is 56.1. The first kappa shape index (κ1) is 50.7. The van der Waals surface area contributed by atoms with Crippen LogP contribution in [-0.2, 0) is 0 Å². The van der Waals surface area contributed by atoms with E-state index in [0.29, 0.717) is 22.8 Å². The summed E-state index contributed by atoms with van der Waals surface area (Å²) in [5.74, 6) is 3.67. The quantitative estimate of drug-likeness (QED) is 0.121. The maximum Gasteiger partial charge on any atom is 0.227 e. The lowest BCUT2D eigenvalue weighted by atomic mass is 9.88. The highest BCUT2D eigenvalue weighted by atomic mass is 16.5. The first-order valence-electron chi connectivity index (χ1n) is 28.8. The van der Waals surface area contributed by atoms with Crippen molar-refractivity contribution in [2.24, 2.45) is 0 Å². The van der Waals surface area contributed by atoms with Crippen LogP contribution in [0.1, 0.15) is 107 Å². The molecule has 0 bridgehead atoms. The highest BCUT2D eigenvalue weighted by Gasteiger charge is 2.29. The highest BCUT2D eigenvalue weighted by molar-refractivity contribution is 6.26. The first-order valence-corrected chi connectivity index (χ1v) is 28.8. The minimum Gasteiger partial charge on any atom is -0.457 e. The molecule has 5 aromatic heterocycles. The fraction of sp³-hybridized carbons (Fsp3) is 0.176. The summed E-state index contributed by atoms with van der Waals surface area (Å²) < 4.78 is 25.7. The summed E-state index contributed by atoms with van der Waals surface area (Å²) in [5.41, 5.74) is 21.3. The van der Waals surface area contributed by atoms with E-state index < -0.39 is 0 Å². The average Bonchev–Trinajstić information content (AvgIpc) is 4.24. The van der Waals surface area contributed by atoms with Gasteiger partial charge >= 0.3 is 0 Å². The van der Waals surface area contributed by atoms with Gasteiger partial charge in [-0.1, -0.05) is 152 Å². The standard InChI is InChI=1S/C74H63N5O3/c1-42(2)55-36-50(47-21-12-10-13-22-47)37-56(43(3)4)69(55)78-63-29-18-16-27-61(63)76-72(78)49-25-20-26-52(35-49)80-53-40-59-68-65(33-34-66-67(68)54-32-31-46(9)75-74(54)82-66)81-71(59)60(41-53)73-77-62-28-17-19-30-64(62)79(73)70-57(44(5)6)38-51(39-58(70)45(7)8)48-23-14-11-15-24-48/h10-45H,1-9H3. The Balaban J connectivity index is 1.00. The molecule has 5 heterocycles. The summed E-state index contributed by atoms with van der Waals surface area (Å²) in [6.45, 7) is 20.3. The van der Waals surface area contributed by atoms with Crippen LogP contribution in [0.2, 0.25) is 0 Å². The van der Waals surface area contributed by atoms with Gasteiger partial charge in [-0.2, -0.15) is 0 Å². The molecule has 0 atom stereocenters. The molecular formula is C74H63N5O3. The van der Waals surface area contributed by atoms with E-state index in [9.17, 15) is 0 Å². The van der Waals surface area contributed by atoms with Crippen molar-refractivity contribution in [1.82, 2.24) is 24.1 Å². The summed E-state index contributed by atoms with van der Waals surface area (Å²) in [4.78, 5) is 15.9. The van der Waals surface area contributed by atoms with Gasteiger partial charge in [0.2, 0.25) is 5.71 Å². The lowest BCUT2D eigenvalue weighted by Crippen LogP contribution is -2.09. The molecule has 14 aromatic rings. The number of nitrogens with zero attached hydrogens (tertiary/aromatic N) is 5. The molecule has 82 heavy (non-hydrogen) atoms. The van der Waals surface area contributed by atoms with Gasteiger partial charge in [0, 0.05) is 32.8 Å². The molecule has 0 amide bonds. The van der Waals surface area contributed by atoms with Crippen LogP contribution < -0.4 is 4.74 Å². The predicted octanol–water partition coefficient (Wildman–Crippen LogP) is 20.8. The fourth-order valence-corrected chi connectivity index (χ4v) is 12.4. The van der Waals surface area contributed by atoms with Crippen molar-refractivity contribution in [3.8, 4) is 67.9 Å². The highest BCUT2D eigenvalue weighted by Crippen LogP contribution is 2.48. The molecule has 0 fully saturated rings. The number of furan rings is 2. The Morgan fingerprint density at radius 2 is 0.878 bits per heavy atom. The monoisotopic (exact) mass is 1070 g/mol. The molecule has 0 unspecified atom stereocenters. The van der Waals surface area contributed by atoms with Crippen LogP contribution in [-0.4, -0.2) is 24.1 Å². The van der Waals surface area contributed by atoms with E-state index in [1.165, 1.54) is 50.2 Å². The molecule has 0 aliphatic carbocycles. The maximum atomic E-state index is 7.29. The molecule has 0 saturated carbocycles. The lowest BCUT2D eigenvalue weighted by Gasteiger charge is -2.24. The van der Waals surface area contributed by atoms with Crippen molar-refractivity contribution in [2.75, 3.05) is 0 Å². The zero-order valence-electron chi connectivity index (χ0n) is 47.7. The van der Waals surface area contributed by atoms with Crippen LogP contribution in [0.15, 0.2) is 203 Å². The number of aryl methyl sites for hydroxylation is 1. The second-order valence-electron chi connectivity index (χ2n) is 23.2. The molecular weight excluding hydrogens is 1010 g/mol.